The van der Waals surface area contributed by atoms with Crippen LogP contribution < -0.4 is 9.47 Å². The van der Waals surface area contributed by atoms with Crippen molar-refractivity contribution in [3.63, 3.8) is 0 Å². The molecule has 1 heterocycles. The normalized spacial score (nSPS) is 20.6. The van der Waals surface area contributed by atoms with E-state index in [1.807, 2.05) is 0 Å². The monoisotopic (exact) mass is 364 g/mol. The van der Waals surface area contributed by atoms with Gasteiger partial charge in [-0.15, -0.1) is 0 Å². The number of rotatable bonds is 4. The molecule has 20 heavy (non-hydrogen) atoms. The summed E-state index contributed by atoms with van der Waals surface area (Å²) < 4.78 is 34.0. The molecule has 110 valence electrons. The van der Waals surface area contributed by atoms with Gasteiger partial charge in [0, 0.05) is 0 Å². The second-order valence-corrected chi connectivity index (χ2v) is 7.52. The van der Waals surface area contributed by atoms with Gasteiger partial charge in [0.15, 0.2) is 21.3 Å². The number of methoxy groups -OCH3 is 1. The fraction of sp³-hybridized carbons (Fsp3) is 0.417. The van der Waals surface area contributed by atoms with Gasteiger partial charge in [-0.05, 0) is 34.5 Å². The summed E-state index contributed by atoms with van der Waals surface area (Å²) in [5, 5.41) is 8.98. The number of hydrogen-bond acceptors (Lipinski definition) is 5. The highest BCUT2D eigenvalue weighted by Gasteiger charge is 2.30. The van der Waals surface area contributed by atoms with Gasteiger partial charge in [-0.25, -0.2) is 13.2 Å². The average molecular weight is 365 g/mol. The van der Waals surface area contributed by atoms with Crippen molar-refractivity contribution in [1.82, 2.24) is 0 Å². The van der Waals surface area contributed by atoms with Crippen molar-refractivity contribution in [3.8, 4) is 11.5 Å². The Balaban J connectivity index is 2.30. The first kappa shape index (κ1) is 15.1. The van der Waals surface area contributed by atoms with E-state index in [-0.39, 0.29) is 22.8 Å². The molecule has 6 nitrogen and oxygen atoms in total. The van der Waals surface area contributed by atoms with Gasteiger partial charge >= 0.3 is 5.97 Å². The number of carboxylic acid groups (broad SMARTS) is 1. The first-order chi connectivity index (χ1) is 9.32. The number of halogens is 1. The van der Waals surface area contributed by atoms with Crippen LogP contribution in [-0.2, 0) is 9.84 Å². The predicted molar refractivity (Wildman–Crippen MR) is 75.3 cm³/mol. The molecule has 1 N–H and O–H groups in total. The van der Waals surface area contributed by atoms with Gasteiger partial charge in [-0.3, -0.25) is 0 Å². The highest BCUT2D eigenvalue weighted by Crippen LogP contribution is 2.38. The summed E-state index contributed by atoms with van der Waals surface area (Å²) in [6.07, 6.45) is -0.0283. The van der Waals surface area contributed by atoms with E-state index in [1.54, 1.807) is 0 Å². The summed E-state index contributed by atoms with van der Waals surface area (Å²) in [6.45, 7) is 0. The van der Waals surface area contributed by atoms with Crippen LogP contribution >= 0.6 is 15.9 Å². The second-order valence-electron chi connectivity index (χ2n) is 4.44. The molecule has 0 spiro atoms. The molecule has 0 amide bonds. The van der Waals surface area contributed by atoms with Crippen molar-refractivity contribution >= 4 is 31.7 Å². The smallest absolute Gasteiger partial charge is 0.335 e. The number of benzene rings is 1. The van der Waals surface area contributed by atoms with E-state index in [2.05, 4.69) is 15.9 Å². The zero-order valence-corrected chi connectivity index (χ0v) is 13.0. The van der Waals surface area contributed by atoms with Gasteiger partial charge in [0.25, 0.3) is 0 Å². The summed E-state index contributed by atoms with van der Waals surface area (Å²) in [4.78, 5) is 11.0. The van der Waals surface area contributed by atoms with E-state index in [0.29, 0.717) is 16.6 Å². The van der Waals surface area contributed by atoms with E-state index in [9.17, 15) is 13.2 Å². The van der Waals surface area contributed by atoms with Crippen LogP contribution in [0.25, 0.3) is 0 Å². The molecule has 1 aliphatic heterocycles. The Labute approximate surface area is 124 Å². The molecule has 0 aromatic heterocycles. The molecule has 0 saturated carbocycles. The lowest BCUT2D eigenvalue weighted by atomic mass is 10.2. The van der Waals surface area contributed by atoms with Gasteiger partial charge in [0.2, 0.25) is 0 Å². The Bertz CT molecular complexity index is 640. The van der Waals surface area contributed by atoms with E-state index in [1.165, 1.54) is 19.2 Å². The van der Waals surface area contributed by atoms with Crippen LogP contribution in [0.3, 0.4) is 0 Å². The summed E-state index contributed by atoms with van der Waals surface area (Å²) in [7, 11) is -1.65. The summed E-state index contributed by atoms with van der Waals surface area (Å²) in [5.41, 5.74) is 0.0557. The third-order valence-corrected chi connectivity index (χ3v) is 5.28. The maximum absolute atomic E-state index is 11.4. The molecule has 0 aliphatic carbocycles. The first-order valence-corrected chi connectivity index (χ1v) is 8.42. The molecular weight excluding hydrogens is 352 g/mol. The van der Waals surface area contributed by atoms with Crippen LogP contribution in [0.5, 0.6) is 11.5 Å². The molecule has 1 aliphatic rings. The molecule has 0 radical (unpaired) electrons. The van der Waals surface area contributed by atoms with Crippen LogP contribution in [0.1, 0.15) is 16.8 Å². The number of carbonyl (C=O) groups is 1. The third-order valence-electron chi connectivity index (χ3n) is 2.95. The first-order valence-electron chi connectivity index (χ1n) is 5.80. The van der Waals surface area contributed by atoms with Crippen molar-refractivity contribution in [2.24, 2.45) is 0 Å². The van der Waals surface area contributed by atoms with E-state index >= 15 is 0 Å². The van der Waals surface area contributed by atoms with Crippen LogP contribution in [0.4, 0.5) is 0 Å². The molecule has 1 saturated heterocycles. The molecule has 1 atom stereocenters. The van der Waals surface area contributed by atoms with Gasteiger partial charge in [0.05, 0.1) is 28.7 Å². The minimum Gasteiger partial charge on any atom is -0.493 e. The lowest BCUT2D eigenvalue weighted by Gasteiger charge is -2.17. The zero-order chi connectivity index (χ0) is 14.9. The molecule has 1 fully saturated rings. The lowest BCUT2D eigenvalue weighted by Crippen LogP contribution is -2.18. The fourth-order valence-corrected chi connectivity index (χ4v) is 4.10. The van der Waals surface area contributed by atoms with E-state index < -0.39 is 21.9 Å². The Morgan fingerprint density at radius 1 is 1.45 bits per heavy atom. The van der Waals surface area contributed by atoms with Crippen LogP contribution in [-0.4, -0.2) is 44.2 Å². The number of aromatic carboxylic acids is 1. The number of hydrogen-bond donors (Lipinski definition) is 1. The largest absolute Gasteiger partial charge is 0.493 e. The van der Waals surface area contributed by atoms with Gasteiger partial charge < -0.3 is 14.6 Å². The maximum Gasteiger partial charge on any atom is 0.335 e. The number of sulfone groups is 1. The maximum atomic E-state index is 11.4. The quantitative estimate of drug-likeness (QED) is 0.874. The fourth-order valence-electron chi connectivity index (χ4n) is 1.98. The molecule has 1 aromatic rings. The Hall–Kier alpha value is -1.28. The van der Waals surface area contributed by atoms with Crippen LogP contribution in [0.2, 0.25) is 0 Å². The molecule has 0 bridgehead atoms. The van der Waals surface area contributed by atoms with E-state index in [4.69, 9.17) is 14.6 Å². The van der Waals surface area contributed by atoms with Crippen molar-refractivity contribution in [2.75, 3.05) is 18.6 Å². The minimum atomic E-state index is -3.04. The molecule has 8 heteroatoms. The summed E-state index contributed by atoms with van der Waals surface area (Å²) >= 11 is 3.23. The van der Waals surface area contributed by atoms with Crippen molar-refractivity contribution in [1.29, 1.82) is 0 Å². The van der Waals surface area contributed by atoms with Gasteiger partial charge in [0.1, 0.15) is 6.10 Å². The van der Waals surface area contributed by atoms with E-state index in [0.717, 1.165) is 0 Å². The standard InChI is InChI=1S/C12H13BrO6S/c1-18-10-5-7(12(14)15)4-9(13)11(10)19-8-2-3-20(16,17)6-8/h4-5,8H,2-3,6H2,1H3,(H,14,15). The van der Waals surface area contributed by atoms with Crippen molar-refractivity contribution in [2.45, 2.75) is 12.5 Å². The average Bonchev–Trinajstić information content (AvgIpc) is 2.70. The van der Waals surface area contributed by atoms with Crippen molar-refractivity contribution in [3.05, 3.63) is 22.2 Å². The Kier molecular flexibility index (Phi) is 4.24. The highest BCUT2D eigenvalue weighted by atomic mass is 79.9. The number of ether oxygens (including phenoxy) is 2. The molecule has 1 aromatic carbocycles. The van der Waals surface area contributed by atoms with Crippen LogP contribution in [0.15, 0.2) is 16.6 Å². The third kappa shape index (κ3) is 3.24. The topological polar surface area (TPSA) is 89.9 Å². The molecule has 2 rings (SSSR count). The van der Waals surface area contributed by atoms with Gasteiger partial charge in [-0.2, -0.15) is 0 Å². The SMILES string of the molecule is COc1cc(C(=O)O)cc(Br)c1OC1CCS(=O)(=O)C1. The predicted octanol–water partition coefficient (Wildman–Crippen LogP) is 1.72. The Morgan fingerprint density at radius 2 is 2.15 bits per heavy atom. The lowest BCUT2D eigenvalue weighted by molar-refractivity contribution is 0.0696. The molecule has 1 unspecified atom stereocenters. The van der Waals surface area contributed by atoms with Crippen molar-refractivity contribution < 1.29 is 27.8 Å². The zero-order valence-electron chi connectivity index (χ0n) is 10.6. The number of carboxylic acids is 1. The minimum absolute atomic E-state index is 0.0384. The highest BCUT2D eigenvalue weighted by molar-refractivity contribution is 9.10. The Morgan fingerprint density at radius 3 is 2.65 bits per heavy atom. The summed E-state index contributed by atoms with van der Waals surface area (Å²) in [5.74, 6) is -0.451. The van der Waals surface area contributed by atoms with Gasteiger partial charge in [-0.1, -0.05) is 0 Å². The molecular formula is C12H13BrO6S. The second kappa shape index (κ2) is 5.61. The van der Waals surface area contributed by atoms with Crippen LogP contribution in [0, 0.1) is 0 Å². The summed E-state index contributed by atoms with van der Waals surface area (Å²) in [6, 6.07) is 2.73.